The van der Waals surface area contributed by atoms with Gasteiger partial charge in [0.05, 0.1) is 20.1 Å². The van der Waals surface area contributed by atoms with E-state index in [0.717, 1.165) is 17.6 Å². The first-order valence-corrected chi connectivity index (χ1v) is 14.7. The number of ether oxygens (including phenoxy) is 1. The molecule has 34 heavy (non-hydrogen) atoms. The molecule has 0 aliphatic carbocycles. The number of benzene rings is 2. The van der Waals surface area contributed by atoms with E-state index in [4.69, 9.17) is 22.1 Å². The summed E-state index contributed by atoms with van der Waals surface area (Å²) in [5.74, 6) is -0.588. The number of nitrogens with two attached hydrogens (primary N) is 1. The highest BCUT2D eigenvalue weighted by molar-refractivity contribution is 9.12. The third kappa shape index (κ3) is 6.45. The lowest BCUT2D eigenvalue weighted by Gasteiger charge is -2.08. The van der Waals surface area contributed by atoms with Crippen molar-refractivity contribution in [3.63, 3.8) is 0 Å². The first-order valence-electron chi connectivity index (χ1n) is 9.41. The Bertz CT molecular complexity index is 1390. The van der Waals surface area contributed by atoms with Gasteiger partial charge >= 0.3 is 5.97 Å². The number of para-hydroxylation sites is 1. The third-order valence-electron chi connectivity index (χ3n) is 4.19. The molecular weight excluding hydrogens is 584 g/mol. The van der Waals surface area contributed by atoms with E-state index in [1.165, 1.54) is 23.9 Å². The molecule has 8 nitrogen and oxygen atoms in total. The quantitative estimate of drug-likeness (QED) is 0.169. The van der Waals surface area contributed by atoms with Crippen molar-refractivity contribution in [2.45, 2.75) is 4.90 Å². The second-order valence-electron chi connectivity index (χ2n) is 6.69. The Labute approximate surface area is 218 Å². The van der Waals surface area contributed by atoms with Gasteiger partial charge in [0.1, 0.15) is 22.4 Å². The Morgan fingerprint density at radius 3 is 2.65 bits per heavy atom. The standard InChI is InChI=1S/C21H18BrClN4O4S3/c1-32-11-31-21(28)17(24)16(22)18(25-15-9-4-3-8-14(15)23)20-27-26-19(33-20)12-6-5-7-13(10-12)34(2,29)30/h3-10H,11,24H2,1-2H3. The van der Waals surface area contributed by atoms with Crippen LogP contribution in [0.4, 0.5) is 5.69 Å². The molecule has 0 fully saturated rings. The van der Waals surface area contributed by atoms with E-state index in [1.807, 2.05) is 0 Å². The molecule has 0 saturated carbocycles. The highest BCUT2D eigenvalue weighted by Crippen LogP contribution is 2.32. The van der Waals surface area contributed by atoms with E-state index in [2.05, 4.69) is 31.1 Å². The number of hydrogen-bond donors (Lipinski definition) is 1. The highest BCUT2D eigenvalue weighted by Gasteiger charge is 2.22. The maximum Gasteiger partial charge on any atom is 0.356 e. The summed E-state index contributed by atoms with van der Waals surface area (Å²) in [6.07, 6.45) is 2.92. The van der Waals surface area contributed by atoms with E-state index in [1.54, 1.807) is 42.7 Å². The van der Waals surface area contributed by atoms with Crippen LogP contribution in [0.15, 0.2) is 68.6 Å². The van der Waals surface area contributed by atoms with Crippen LogP contribution < -0.4 is 5.73 Å². The number of carbonyl (C=O) groups is 1. The number of allylic oxidation sites excluding steroid dienone is 1. The van der Waals surface area contributed by atoms with Crippen molar-refractivity contribution in [2.75, 3.05) is 18.5 Å². The number of thioether (sulfide) groups is 1. The molecule has 1 aromatic heterocycles. The molecule has 1 heterocycles. The van der Waals surface area contributed by atoms with Crippen molar-refractivity contribution >= 4 is 77.8 Å². The van der Waals surface area contributed by atoms with Gasteiger partial charge in [0.25, 0.3) is 0 Å². The molecule has 178 valence electrons. The fourth-order valence-electron chi connectivity index (χ4n) is 2.56. The SMILES string of the molecule is CSCOC(=O)C(N)=C(Br)C(=Nc1ccccc1Cl)c1nnc(-c2cccc(S(C)(=O)=O)c2)s1. The van der Waals surface area contributed by atoms with Crippen molar-refractivity contribution in [3.8, 4) is 10.6 Å². The topological polar surface area (TPSA) is 125 Å². The fraction of sp³-hybridized carbons (Fsp3) is 0.143. The van der Waals surface area contributed by atoms with Crippen molar-refractivity contribution in [3.05, 3.63) is 68.7 Å². The summed E-state index contributed by atoms with van der Waals surface area (Å²) in [6.45, 7) is 0. The van der Waals surface area contributed by atoms with Gasteiger partial charge in [0, 0.05) is 11.8 Å². The van der Waals surface area contributed by atoms with Crippen LogP contribution in [0.25, 0.3) is 10.6 Å². The number of hydrogen-bond acceptors (Lipinski definition) is 10. The Hall–Kier alpha value is -2.25. The molecule has 0 bridgehead atoms. The van der Waals surface area contributed by atoms with Gasteiger partial charge in [-0.3, -0.25) is 0 Å². The fourth-order valence-corrected chi connectivity index (χ4v) is 5.03. The summed E-state index contributed by atoms with van der Waals surface area (Å²) < 4.78 is 29.1. The van der Waals surface area contributed by atoms with Gasteiger partial charge in [-0.15, -0.1) is 22.0 Å². The van der Waals surface area contributed by atoms with E-state index in [0.29, 0.717) is 26.3 Å². The lowest BCUT2D eigenvalue weighted by Crippen LogP contribution is -2.19. The zero-order valence-corrected chi connectivity index (χ0v) is 22.6. The minimum atomic E-state index is -3.40. The number of esters is 1. The van der Waals surface area contributed by atoms with E-state index < -0.39 is 15.8 Å². The molecule has 0 unspecified atom stereocenters. The average molecular weight is 602 g/mol. The predicted octanol–water partition coefficient (Wildman–Crippen LogP) is 4.81. The van der Waals surface area contributed by atoms with Crippen LogP contribution in [0.1, 0.15) is 5.01 Å². The van der Waals surface area contributed by atoms with Crippen molar-refractivity contribution in [1.29, 1.82) is 0 Å². The first-order chi connectivity index (χ1) is 16.1. The number of sulfone groups is 1. The van der Waals surface area contributed by atoms with Crippen LogP contribution in [0.5, 0.6) is 0 Å². The first kappa shape index (κ1) is 26.4. The molecule has 0 saturated heterocycles. The molecule has 3 rings (SSSR count). The molecule has 0 spiro atoms. The van der Waals surface area contributed by atoms with Gasteiger partial charge in [-0.1, -0.05) is 47.2 Å². The Morgan fingerprint density at radius 1 is 1.24 bits per heavy atom. The molecule has 0 aliphatic rings. The van der Waals surface area contributed by atoms with Gasteiger partial charge in [-0.2, -0.15) is 0 Å². The number of carbonyl (C=O) groups excluding carboxylic acids is 1. The largest absolute Gasteiger partial charge is 0.450 e. The van der Waals surface area contributed by atoms with Crippen LogP contribution in [0, 0.1) is 0 Å². The van der Waals surface area contributed by atoms with Gasteiger partial charge in [0.15, 0.2) is 14.8 Å². The highest BCUT2D eigenvalue weighted by atomic mass is 79.9. The summed E-state index contributed by atoms with van der Waals surface area (Å²) in [5.41, 5.74) is 7.05. The zero-order valence-electron chi connectivity index (χ0n) is 17.9. The molecule has 3 aromatic rings. The van der Waals surface area contributed by atoms with E-state index in [9.17, 15) is 13.2 Å². The molecule has 0 radical (unpaired) electrons. The number of aromatic nitrogens is 2. The second-order valence-corrected chi connectivity index (χ2v) is 11.7. The van der Waals surface area contributed by atoms with Crippen LogP contribution in [-0.4, -0.2) is 48.7 Å². The van der Waals surface area contributed by atoms with Crippen molar-refractivity contribution in [2.24, 2.45) is 10.7 Å². The Balaban J connectivity index is 2.11. The zero-order chi connectivity index (χ0) is 24.9. The third-order valence-corrected chi connectivity index (χ3v) is 7.76. The lowest BCUT2D eigenvalue weighted by atomic mass is 10.2. The molecular formula is C21H18BrClN4O4S3. The summed E-state index contributed by atoms with van der Waals surface area (Å²) >= 11 is 12.1. The number of aliphatic imine (C=N–C) groups is 1. The molecule has 0 aliphatic heterocycles. The number of rotatable bonds is 8. The van der Waals surface area contributed by atoms with Gasteiger partial charge in [-0.05, 0) is 46.5 Å². The summed E-state index contributed by atoms with van der Waals surface area (Å²) in [4.78, 5) is 17.1. The van der Waals surface area contributed by atoms with Crippen LogP contribution >= 0.6 is 50.6 Å². The van der Waals surface area contributed by atoms with Crippen LogP contribution in [-0.2, 0) is 19.4 Å². The average Bonchev–Trinajstić information content (AvgIpc) is 3.30. The lowest BCUT2D eigenvalue weighted by molar-refractivity contribution is -0.136. The summed E-state index contributed by atoms with van der Waals surface area (Å²) in [5, 5.41) is 9.56. The van der Waals surface area contributed by atoms with Crippen molar-refractivity contribution < 1.29 is 17.9 Å². The van der Waals surface area contributed by atoms with Crippen LogP contribution in [0.2, 0.25) is 5.02 Å². The van der Waals surface area contributed by atoms with Gasteiger partial charge < -0.3 is 10.5 Å². The normalized spacial score (nSPS) is 12.9. The summed E-state index contributed by atoms with van der Waals surface area (Å²) in [6, 6.07) is 13.3. The molecule has 0 amide bonds. The van der Waals surface area contributed by atoms with Gasteiger partial charge in [0.2, 0.25) is 0 Å². The Morgan fingerprint density at radius 2 is 1.97 bits per heavy atom. The van der Waals surface area contributed by atoms with E-state index in [-0.39, 0.29) is 26.7 Å². The minimum Gasteiger partial charge on any atom is -0.450 e. The molecule has 13 heteroatoms. The minimum absolute atomic E-state index is 0.135. The van der Waals surface area contributed by atoms with Crippen LogP contribution in [0.3, 0.4) is 0 Å². The monoisotopic (exact) mass is 600 g/mol. The van der Waals surface area contributed by atoms with E-state index >= 15 is 0 Å². The van der Waals surface area contributed by atoms with Crippen molar-refractivity contribution in [1.82, 2.24) is 10.2 Å². The maximum absolute atomic E-state index is 12.3. The number of nitrogens with zero attached hydrogens (tertiary/aromatic N) is 3. The second kappa shape index (κ2) is 11.5. The molecule has 0 atom stereocenters. The molecule has 2 aromatic carbocycles. The maximum atomic E-state index is 12.3. The predicted molar refractivity (Wildman–Crippen MR) is 141 cm³/mol. The Kier molecular flexibility index (Phi) is 8.88. The molecule has 2 N–H and O–H groups in total. The smallest absolute Gasteiger partial charge is 0.356 e. The summed E-state index contributed by atoms with van der Waals surface area (Å²) in [7, 11) is -3.40. The number of halogens is 2. The van der Waals surface area contributed by atoms with Gasteiger partial charge in [-0.25, -0.2) is 18.2 Å².